The Morgan fingerprint density at radius 1 is 1.03 bits per heavy atom. The first-order valence-corrected chi connectivity index (χ1v) is 10.8. The van der Waals surface area contributed by atoms with Gasteiger partial charge in [-0.25, -0.2) is 5.48 Å². The number of aromatic nitrogens is 3. The molecule has 0 aliphatic carbocycles. The maximum atomic E-state index is 12.7. The van der Waals surface area contributed by atoms with Crippen molar-refractivity contribution >= 4 is 17.2 Å². The van der Waals surface area contributed by atoms with Gasteiger partial charge in [0.1, 0.15) is 5.01 Å². The number of carbonyl (C=O) groups is 1. The Morgan fingerprint density at radius 2 is 1.75 bits per heavy atom. The zero-order chi connectivity index (χ0) is 22.4. The van der Waals surface area contributed by atoms with Gasteiger partial charge in [-0.1, -0.05) is 59.9 Å². The summed E-state index contributed by atoms with van der Waals surface area (Å²) in [6.07, 6.45) is 3.51. The van der Waals surface area contributed by atoms with Gasteiger partial charge in [-0.2, -0.15) is 0 Å². The summed E-state index contributed by atoms with van der Waals surface area (Å²) < 4.78 is 5.55. The number of methoxy groups -OCH3 is 1. The number of ether oxygens (including phenoxy) is 1. The molecule has 32 heavy (non-hydrogen) atoms. The molecule has 4 aromatic rings. The molecule has 0 fully saturated rings. The molecule has 7 nitrogen and oxygen atoms in total. The molecule has 1 N–H and O–H groups in total. The molecule has 0 saturated heterocycles. The SMILES string of the molecule is COC[C@@](ONC(=O)c1ccccc1)(c1ccccc1)c1nnc(-c2ccncc2C)s1. The highest BCUT2D eigenvalue weighted by Gasteiger charge is 2.41. The number of hydroxylamine groups is 1. The number of pyridine rings is 1. The summed E-state index contributed by atoms with van der Waals surface area (Å²) in [5.41, 5.74) is 4.61. The standard InChI is InChI=1S/C24H22N4O3S/c1-17-15-25-14-13-20(17)22-26-27-23(32-22)24(16-30-2,19-11-7-4-8-12-19)31-28-21(29)18-9-5-3-6-10-18/h3-15H,16H2,1-2H3,(H,28,29)/t24-/m1/s1. The van der Waals surface area contributed by atoms with E-state index in [0.29, 0.717) is 10.6 Å². The minimum absolute atomic E-state index is 0.121. The number of benzene rings is 2. The van der Waals surface area contributed by atoms with Crippen LogP contribution in [0.3, 0.4) is 0 Å². The summed E-state index contributed by atoms with van der Waals surface area (Å²) >= 11 is 1.38. The second-order valence-corrected chi connectivity index (χ2v) is 8.11. The van der Waals surface area contributed by atoms with E-state index in [1.807, 2.05) is 49.4 Å². The van der Waals surface area contributed by atoms with Crippen molar-refractivity contribution < 1.29 is 14.4 Å². The van der Waals surface area contributed by atoms with Crippen molar-refractivity contribution in [1.82, 2.24) is 20.7 Å². The Bertz CT molecular complexity index is 1180. The number of nitrogens with zero attached hydrogens (tertiary/aromatic N) is 3. The topological polar surface area (TPSA) is 86.2 Å². The number of hydrogen-bond donors (Lipinski definition) is 1. The van der Waals surface area contributed by atoms with E-state index < -0.39 is 5.60 Å². The fourth-order valence-corrected chi connectivity index (χ4v) is 4.37. The Hall–Kier alpha value is -3.46. The van der Waals surface area contributed by atoms with E-state index in [2.05, 4.69) is 20.7 Å². The van der Waals surface area contributed by atoms with Gasteiger partial charge in [0.05, 0.1) is 6.61 Å². The van der Waals surface area contributed by atoms with Crippen LogP contribution in [0.25, 0.3) is 10.6 Å². The van der Waals surface area contributed by atoms with Gasteiger partial charge in [-0.15, -0.1) is 10.2 Å². The predicted octanol–water partition coefficient (Wildman–Crippen LogP) is 4.16. The molecule has 0 bridgehead atoms. The quantitative estimate of drug-likeness (QED) is 0.409. The van der Waals surface area contributed by atoms with Crippen LogP contribution >= 0.6 is 11.3 Å². The number of hydrogen-bond acceptors (Lipinski definition) is 7. The average molecular weight is 447 g/mol. The number of carbonyl (C=O) groups excluding carboxylic acids is 1. The van der Waals surface area contributed by atoms with Crippen LogP contribution in [0.5, 0.6) is 0 Å². The predicted molar refractivity (Wildman–Crippen MR) is 122 cm³/mol. The first-order valence-electron chi connectivity index (χ1n) is 9.97. The smallest absolute Gasteiger partial charge is 0.274 e. The van der Waals surface area contributed by atoms with E-state index in [0.717, 1.165) is 21.7 Å². The fourth-order valence-electron chi connectivity index (χ4n) is 3.30. The lowest BCUT2D eigenvalue weighted by molar-refractivity contribution is -0.106. The summed E-state index contributed by atoms with van der Waals surface area (Å²) in [6, 6.07) is 20.3. The highest BCUT2D eigenvalue weighted by Crippen LogP contribution is 2.38. The minimum atomic E-state index is -1.18. The van der Waals surface area contributed by atoms with Crippen LogP contribution in [0.15, 0.2) is 79.1 Å². The van der Waals surface area contributed by atoms with Crippen molar-refractivity contribution in [3.63, 3.8) is 0 Å². The van der Waals surface area contributed by atoms with Crippen LogP contribution in [0.4, 0.5) is 0 Å². The third-order valence-electron chi connectivity index (χ3n) is 4.96. The third kappa shape index (κ3) is 4.43. The van der Waals surface area contributed by atoms with Gasteiger partial charge in [0, 0.05) is 30.6 Å². The van der Waals surface area contributed by atoms with Crippen LogP contribution in [0.2, 0.25) is 0 Å². The molecule has 0 spiro atoms. The van der Waals surface area contributed by atoms with Crippen molar-refractivity contribution in [2.75, 3.05) is 13.7 Å². The van der Waals surface area contributed by atoms with Crippen molar-refractivity contribution in [3.05, 3.63) is 101 Å². The molecule has 0 unspecified atom stereocenters. The molecule has 4 rings (SSSR count). The number of rotatable bonds is 8. The second kappa shape index (κ2) is 9.78. The molecule has 0 radical (unpaired) electrons. The molecule has 2 heterocycles. The molecule has 2 aromatic carbocycles. The van der Waals surface area contributed by atoms with Gasteiger partial charge >= 0.3 is 0 Å². The van der Waals surface area contributed by atoms with Crippen molar-refractivity contribution in [2.24, 2.45) is 0 Å². The van der Waals surface area contributed by atoms with Crippen LogP contribution in [0, 0.1) is 6.92 Å². The van der Waals surface area contributed by atoms with E-state index in [9.17, 15) is 4.79 Å². The Morgan fingerprint density at radius 3 is 2.44 bits per heavy atom. The zero-order valence-electron chi connectivity index (χ0n) is 17.7. The molecule has 8 heteroatoms. The van der Waals surface area contributed by atoms with Gasteiger partial charge in [0.25, 0.3) is 5.91 Å². The molecule has 1 amide bonds. The molecule has 0 aliphatic rings. The summed E-state index contributed by atoms with van der Waals surface area (Å²) in [5, 5.41) is 10.1. The number of amides is 1. The fraction of sp³-hybridized carbons (Fsp3) is 0.167. The molecular weight excluding hydrogens is 424 g/mol. The lowest BCUT2D eigenvalue weighted by Gasteiger charge is -2.30. The maximum Gasteiger partial charge on any atom is 0.274 e. The Kier molecular flexibility index (Phi) is 6.65. The lowest BCUT2D eigenvalue weighted by atomic mass is 9.95. The molecular formula is C24H22N4O3S. The summed E-state index contributed by atoms with van der Waals surface area (Å²) in [6.45, 7) is 2.09. The lowest BCUT2D eigenvalue weighted by Crippen LogP contribution is -2.42. The molecule has 2 aromatic heterocycles. The molecule has 1 atom stereocenters. The van der Waals surface area contributed by atoms with Crippen molar-refractivity contribution in [3.8, 4) is 10.6 Å². The molecule has 0 aliphatic heterocycles. The summed E-state index contributed by atoms with van der Waals surface area (Å²) in [5.74, 6) is -0.364. The zero-order valence-corrected chi connectivity index (χ0v) is 18.5. The average Bonchev–Trinajstić information content (AvgIpc) is 3.33. The van der Waals surface area contributed by atoms with E-state index in [4.69, 9.17) is 9.57 Å². The third-order valence-corrected chi connectivity index (χ3v) is 6.06. The van der Waals surface area contributed by atoms with E-state index in [1.54, 1.807) is 43.8 Å². The van der Waals surface area contributed by atoms with Crippen LogP contribution in [-0.2, 0) is 15.2 Å². The Labute approximate surface area is 190 Å². The van der Waals surface area contributed by atoms with Gasteiger partial charge < -0.3 is 4.74 Å². The maximum absolute atomic E-state index is 12.7. The van der Waals surface area contributed by atoms with Gasteiger partial charge in [-0.3, -0.25) is 14.6 Å². The minimum Gasteiger partial charge on any atom is -0.381 e. The van der Waals surface area contributed by atoms with E-state index in [1.165, 1.54) is 11.3 Å². The highest BCUT2D eigenvalue weighted by atomic mass is 32.1. The number of nitrogens with one attached hydrogen (secondary N) is 1. The van der Waals surface area contributed by atoms with E-state index in [-0.39, 0.29) is 12.5 Å². The monoisotopic (exact) mass is 446 g/mol. The van der Waals surface area contributed by atoms with Gasteiger partial charge in [-0.05, 0) is 36.2 Å². The highest BCUT2D eigenvalue weighted by molar-refractivity contribution is 7.14. The normalized spacial score (nSPS) is 12.8. The largest absolute Gasteiger partial charge is 0.381 e. The van der Waals surface area contributed by atoms with Crippen LogP contribution in [0.1, 0.15) is 26.5 Å². The summed E-state index contributed by atoms with van der Waals surface area (Å²) in [7, 11) is 1.58. The van der Waals surface area contributed by atoms with Crippen molar-refractivity contribution in [2.45, 2.75) is 12.5 Å². The number of aryl methyl sites for hydroxylation is 1. The summed E-state index contributed by atoms with van der Waals surface area (Å²) in [4.78, 5) is 23.0. The van der Waals surface area contributed by atoms with Crippen molar-refractivity contribution in [1.29, 1.82) is 0 Å². The molecule has 162 valence electrons. The van der Waals surface area contributed by atoms with Gasteiger partial charge in [0.15, 0.2) is 10.6 Å². The second-order valence-electron chi connectivity index (χ2n) is 7.13. The Balaban J connectivity index is 1.74. The molecule has 0 saturated carbocycles. The van der Waals surface area contributed by atoms with E-state index >= 15 is 0 Å². The van der Waals surface area contributed by atoms with Crippen LogP contribution < -0.4 is 5.48 Å². The first kappa shape index (κ1) is 21.8. The van der Waals surface area contributed by atoms with Gasteiger partial charge in [0.2, 0.25) is 0 Å². The van der Waals surface area contributed by atoms with Crippen LogP contribution in [-0.4, -0.2) is 34.8 Å². The first-order chi connectivity index (χ1) is 15.6.